The van der Waals surface area contributed by atoms with Crippen molar-refractivity contribution in [2.24, 2.45) is 0 Å². The maximum atomic E-state index is 9.92. The van der Waals surface area contributed by atoms with Crippen molar-refractivity contribution in [3.63, 3.8) is 0 Å². The van der Waals surface area contributed by atoms with E-state index >= 15 is 0 Å². The fourth-order valence-electron chi connectivity index (χ4n) is 0.761. The summed E-state index contributed by atoms with van der Waals surface area (Å²) in [6.45, 7) is 25.0. The Kier molecular flexibility index (Phi) is 96.6. The first kappa shape index (κ1) is 56.5. The van der Waals surface area contributed by atoms with Crippen molar-refractivity contribution in [3.8, 4) is 0 Å². The first-order valence-electron chi connectivity index (χ1n) is 13.7. The summed E-state index contributed by atoms with van der Waals surface area (Å²) in [5.41, 5.74) is 0. The highest BCUT2D eigenvalue weighted by atomic mass is 16.5. The molecular formula is C30H68O8. The van der Waals surface area contributed by atoms with Crippen molar-refractivity contribution in [2.75, 3.05) is 34.5 Å². The highest BCUT2D eigenvalue weighted by Crippen LogP contribution is 1.88. The molecular weight excluding hydrogens is 488 g/mol. The lowest BCUT2D eigenvalue weighted by atomic mass is 10.3. The van der Waals surface area contributed by atoms with E-state index in [1.165, 1.54) is 67.6 Å². The zero-order valence-electron chi connectivity index (χ0n) is 28.2. The molecule has 1 N–H and O–H groups in total. The van der Waals surface area contributed by atoms with Crippen LogP contribution in [-0.2, 0) is 33.4 Å². The molecule has 8 nitrogen and oxygen atoms in total. The molecule has 8 heteroatoms. The molecule has 0 aliphatic heterocycles. The Morgan fingerprint density at radius 3 is 0.974 bits per heavy atom. The standard InChI is InChI=1S/C5H12.C4H8O2.2C4H10O.C4H8O.C3H6O2.C3H6O.C3H8/c1-3-5-4-2;1-4(5)3-6-2;1-3-4-5-2;2*1-3-4(2)5;1-3(4)5-2;1-3(2)4;1-3-2/h3-5H2,1-2H3;3H2,1-2H3;3-4H2,1-2H3;4-5H,3H2,1-2H3;3H2,1-2H3;1-2H3;1-2H3;3H2,1-2H3. The SMILES string of the molecule is CC(C)=O.CCC.CCC(C)=O.CCC(C)O.CCCCC.CCCOC.COC(C)=O.COCC(C)=O. The van der Waals surface area contributed by atoms with Crippen LogP contribution in [0.2, 0.25) is 0 Å². The van der Waals surface area contributed by atoms with Crippen molar-refractivity contribution >= 4 is 23.3 Å². The molecule has 0 aliphatic carbocycles. The van der Waals surface area contributed by atoms with Crippen LogP contribution in [0.4, 0.5) is 0 Å². The highest BCUT2D eigenvalue weighted by Gasteiger charge is 1.83. The van der Waals surface area contributed by atoms with Gasteiger partial charge >= 0.3 is 5.97 Å². The number of ketones is 3. The van der Waals surface area contributed by atoms with Gasteiger partial charge in [-0.2, -0.15) is 0 Å². The smallest absolute Gasteiger partial charge is 0.302 e. The maximum Gasteiger partial charge on any atom is 0.302 e. The number of methoxy groups -OCH3 is 3. The molecule has 0 saturated heterocycles. The van der Waals surface area contributed by atoms with E-state index in [0.717, 1.165) is 19.4 Å². The number of aliphatic hydroxyl groups excluding tert-OH is 1. The summed E-state index contributed by atoms with van der Waals surface area (Å²) < 4.78 is 13.3. The summed E-state index contributed by atoms with van der Waals surface area (Å²) in [5.74, 6) is 0.243. The molecule has 0 saturated carbocycles. The van der Waals surface area contributed by atoms with E-state index in [4.69, 9.17) is 9.84 Å². The number of carbonyl (C=O) groups is 4. The predicted octanol–water partition coefficient (Wildman–Crippen LogP) is 7.41. The average Bonchev–Trinajstić information content (AvgIpc) is 2.82. The molecule has 0 radical (unpaired) electrons. The summed E-state index contributed by atoms with van der Waals surface area (Å²) in [5, 5.41) is 8.36. The van der Waals surface area contributed by atoms with E-state index in [-0.39, 0.29) is 36.0 Å². The fourth-order valence-corrected chi connectivity index (χ4v) is 0.761. The number of esters is 1. The molecule has 0 rings (SSSR count). The Labute approximate surface area is 237 Å². The second-order valence-electron chi connectivity index (χ2n) is 8.11. The third-order valence-corrected chi connectivity index (χ3v) is 2.84. The van der Waals surface area contributed by atoms with Gasteiger partial charge in [-0.15, -0.1) is 0 Å². The van der Waals surface area contributed by atoms with Gasteiger partial charge in [-0.1, -0.05) is 74.1 Å². The molecule has 0 amide bonds. The van der Waals surface area contributed by atoms with Crippen molar-refractivity contribution in [2.45, 2.75) is 141 Å². The number of rotatable bonds is 8. The van der Waals surface area contributed by atoms with Crippen LogP contribution < -0.4 is 0 Å². The zero-order chi connectivity index (χ0) is 32.4. The number of unbranched alkanes of at least 4 members (excludes halogenated alkanes) is 2. The van der Waals surface area contributed by atoms with Gasteiger partial charge in [-0.25, -0.2) is 0 Å². The van der Waals surface area contributed by atoms with Gasteiger partial charge in [-0.3, -0.25) is 9.59 Å². The third kappa shape index (κ3) is 296. The Hall–Kier alpha value is -1.64. The molecule has 0 aromatic heterocycles. The van der Waals surface area contributed by atoms with Crippen LogP contribution in [0.3, 0.4) is 0 Å². The second-order valence-corrected chi connectivity index (χ2v) is 8.11. The first-order chi connectivity index (χ1) is 17.6. The number of Topliss-reactive ketones (excluding diaryl/α,β-unsaturated/α-hetero) is 3. The first-order valence-corrected chi connectivity index (χ1v) is 13.7. The van der Waals surface area contributed by atoms with Gasteiger partial charge in [0.15, 0.2) is 5.78 Å². The lowest BCUT2D eigenvalue weighted by Crippen LogP contribution is -1.98. The maximum absolute atomic E-state index is 9.92. The lowest BCUT2D eigenvalue weighted by Gasteiger charge is -1.90. The van der Waals surface area contributed by atoms with Crippen LogP contribution in [0, 0.1) is 0 Å². The Balaban J connectivity index is -0.0000000454. The van der Waals surface area contributed by atoms with Crippen LogP contribution >= 0.6 is 0 Å². The Bertz CT molecular complexity index is 394. The average molecular weight is 557 g/mol. The molecule has 236 valence electrons. The molecule has 38 heavy (non-hydrogen) atoms. The van der Waals surface area contributed by atoms with Crippen molar-refractivity contribution in [3.05, 3.63) is 0 Å². The van der Waals surface area contributed by atoms with Crippen LogP contribution in [0.5, 0.6) is 0 Å². The molecule has 1 atom stereocenters. The number of carbonyl (C=O) groups excluding carboxylic acids is 4. The fraction of sp³-hybridized carbons (Fsp3) is 0.867. The minimum absolute atomic E-state index is 0.0671. The quantitative estimate of drug-likeness (QED) is 0.307. The van der Waals surface area contributed by atoms with Crippen LogP contribution in [-0.4, -0.2) is 69.1 Å². The molecule has 0 spiro atoms. The predicted molar refractivity (Wildman–Crippen MR) is 163 cm³/mol. The number of hydrogen-bond acceptors (Lipinski definition) is 8. The van der Waals surface area contributed by atoms with Gasteiger partial charge in [0, 0.05) is 34.2 Å². The molecule has 0 aliphatic rings. The van der Waals surface area contributed by atoms with Crippen LogP contribution in [0.25, 0.3) is 0 Å². The third-order valence-electron chi connectivity index (χ3n) is 2.84. The summed E-state index contributed by atoms with van der Waals surface area (Å²) in [6, 6.07) is 0. The van der Waals surface area contributed by atoms with E-state index in [0.29, 0.717) is 6.42 Å². The van der Waals surface area contributed by atoms with Crippen molar-refractivity contribution in [1.82, 2.24) is 0 Å². The van der Waals surface area contributed by atoms with Gasteiger partial charge in [-0.05, 0) is 47.5 Å². The summed E-state index contributed by atoms with van der Waals surface area (Å²) in [4.78, 5) is 38.8. The Morgan fingerprint density at radius 2 is 0.974 bits per heavy atom. The van der Waals surface area contributed by atoms with E-state index in [1.54, 1.807) is 21.0 Å². The molecule has 0 heterocycles. The second kappa shape index (κ2) is 64.9. The van der Waals surface area contributed by atoms with E-state index < -0.39 is 0 Å². The number of ether oxygens (including phenoxy) is 3. The van der Waals surface area contributed by atoms with E-state index in [1.807, 2.05) is 13.8 Å². The molecule has 0 fully saturated rings. The largest absolute Gasteiger partial charge is 0.469 e. The number of hydrogen-bond donors (Lipinski definition) is 1. The highest BCUT2D eigenvalue weighted by molar-refractivity contribution is 5.76. The lowest BCUT2D eigenvalue weighted by molar-refractivity contribution is -0.138. The minimum Gasteiger partial charge on any atom is -0.469 e. The minimum atomic E-state index is -0.245. The van der Waals surface area contributed by atoms with Gasteiger partial charge in [0.25, 0.3) is 0 Å². The van der Waals surface area contributed by atoms with Gasteiger partial charge in [0.2, 0.25) is 0 Å². The summed E-state index contributed by atoms with van der Waals surface area (Å²) in [6.07, 6.45) is 7.86. The van der Waals surface area contributed by atoms with Crippen molar-refractivity contribution < 1.29 is 38.5 Å². The number of aliphatic hydroxyl groups is 1. The van der Waals surface area contributed by atoms with E-state index in [2.05, 4.69) is 44.1 Å². The molecule has 0 bridgehead atoms. The van der Waals surface area contributed by atoms with Gasteiger partial charge in [0.05, 0.1) is 13.2 Å². The summed E-state index contributed by atoms with van der Waals surface area (Å²) >= 11 is 0. The van der Waals surface area contributed by atoms with Crippen molar-refractivity contribution in [1.29, 1.82) is 0 Å². The van der Waals surface area contributed by atoms with Crippen LogP contribution in [0.1, 0.15) is 135 Å². The monoisotopic (exact) mass is 556 g/mol. The van der Waals surface area contributed by atoms with Gasteiger partial charge < -0.3 is 28.9 Å². The zero-order valence-corrected chi connectivity index (χ0v) is 28.2. The molecule has 1 unspecified atom stereocenters. The van der Waals surface area contributed by atoms with Crippen LogP contribution in [0.15, 0.2) is 0 Å². The van der Waals surface area contributed by atoms with Gasteiger partial charge in [0.1, 0.15) is 18.2 Å². The Morgan fingerprint density at radius 1 is 0.684 bits per heavy atom. The topological polar surface area (TPSA) is 116 Å². The van der Waals surface area contributed by atoms with E-state index in [9.17, 15) is 19.2 Å². The molecule has 0 aromatic carbocycles. The molecule has 0 aromatic rings. The summed E-state index contributed by atoms with van der Waals surface area (Å²) in [7, 11) is 4.56. The normalized spacial score (nSPS) is 8.55.